The number of halogens is 3. The summed E-state index contributed by atoms with van der Waals surface area (Å²) in [6.45, 7) is 10.1. The Hall–Kier alpha value is -2.60. The summed E-state index contributed by atoms with van der Waals surface area (Å²) in [7, 11) is -3.79. The maximum absolute atomic E-state index is 13.5. The van der Waals surface area contributed by atoms with Crippen molar-refractivity contribution >= 4 is 73.3 Å². The van der Waals surface area contributed by atoms with E-state index in [1.54, 1.807) is 35.2 Å². The van der Waals surface area contributed by atoms with Crippen LogP contribution in [0.3, 0.4) is 0 Å². The van der Waals surface area contributed by atoms with E-state index in [1.165, 1.54) is 10.4 Å². The molecule has 0 aromatic heterocycles. The fourth-order valence-corrected chi connectivity index (χ4v) is 6.77. The fraction of sp³-hybridized carbons (Fsp3) is 0.419. The molecule has 1 aliphatic rings. The monoisotopic (exact) mass is 682 g/mol. The van der Waals surface area contributed by atoms with Crippen LogP contribution < -0.4 is 5.32 Å². The number of carbonyl (C=O) groups excluding carboxylic acids is 2. The minimum absolute atomic E-state index is 0.107. The molecular formula is C31H37Cl3N4O5S. The van der Waals surface area contributed by atoms with Gasteiger partial charge in [0.05, 0.1) is 4.90 Å². The molecule has 3 aromatic carbocycles. The number of anilines is 1. The van der Waals surface area contributed by atoms with Gasteiger partial charge in [0.15, 0.2) is 0 Å². The van der Waals surface area contributed by atoms with Crippen molar-refractivity contribution in [3.05, 3.63) is 71.8 Å². The summed E-state index contributed by atoms with van der Waals surface area (Å²) < 4.78 is 31.5. The molecule has 238 valence electrons. The zero-order valence-electron chi connectivity index (χ0n) is 25.1. The smallest absolute Gasteiger partial charge is 0.411 e. The highest BCUT2D eigenvalue weighted by molar-refractivity contribution is 7.89. The summed E-state index contributed by atoms with van der Waals surface area (Å²) >= 11 is 16.8. The molecule has 0 atom stereocenters. The Balaban J connectivity index is 1.36. The van der Waals surface area contributed by atoms with E-state index < -0.39 is 26.5 Å². The van der Waals surface area contributed by atoms with Crippen molar-refractivity contribution in [3.63, 3.8) is 0 Å². The van der Waals surface area contributed by atoms with Crippen LogP contribution >= 0.6 is 34.8 Å². The Morgan fingerprint density at radius 1 is 0.886 bits per heavy atom. The standard InChI is InChI=1S/C31H37Cl3N4O5S/c1-21(2)38(22(3)4)19-23-5-7-24(8-6-23)29(39)36-13-15-37(16-14-36)44(41,42)28-12-10-25-17-27(11-9-26(25)18-28)35-30(40)43-20-31(32,33)34/h5-12,17-18,21-22H,13-16,19-20H2,1-4H3,(H,35,40). The van der Waals surface area contributed by atoms with E-state index in [-0.39, 0.29) is 23.9 Å². The molecule has 4 rings (SSSR count). The van der Waals surface area contributed by atoms with Gasteiger partial charge in [0.2, 0.25) is 13.8 Å². The first-order valence-corrected chi connectivity index (χ1v) is 16.9. The first-order valence-electron chi connectivity index (χ1n) is 14.3. The summed E-state index contributed by atoms with van der Waals surface area (Å²) in [5.41, 5.74) is 2.17. The van der Waals surface area contributed by atoms with Gasteiger partial charge in [0, 0.05) is 56.1 Å². The maximum Gasteiger partial charge on any atom is 0.411 e. The van der Waals surface area contributed by atoms with Crippen molar-refractivity contribution in [2.75, 3.05) is 38.1 Å². The summed E-state index contributed by atoms with van der Waals surface area (Å²) in [4.78, 5) is 29.4. The van der Waals surface area contributed by atoms with Crippen LogP contribution in [0.4, 0.5) is 10.5 Å². The van der Waals surface area contributed by atoms with Gasteiger partial charge in [0.1, 0.15) is 6.61 Å². The number of carbonyl (C=O) groups is 2. The number of hydrogen-bond donors (Lipinski definition) is 1. The summed E-state index contributed by atoms with van der Waals surface area (Å²) in [6.07, 6.45) is -0.788. The molecular weight excluding hydrogens is 647 g/mol. The highest BCUT2D eigenvalue weighted by atomic mass is 35.6. The van der Waals surface area contributed by atoms with Crippen LogP contribution in [-0.4, -0.2) is 83.2 Å². The second-order valence-corrected chi connectivity index (χ2v) is 15.7. The van der Waals surface area contributed by atoms with Gasteiger partial charge in [-0.15, -0.1) is 0 Å². The molecule has 0 radical (unpaired) electrons. The van der Waals surface area contributed by atoms with Gasteiger partial charge in [-0.05, 0) is 80.4 Å². The molecule has 0 bridgehead atoms. The first-order chi connectivity index (χ1) is 20.6. The molecule has 3 aromatic rings. The molecule has 0 aliphatic carbocycles. The molecule has 44 heavy (non-hydrogen) atoms. The van der Waals surface area contributed by atoms with E-state index >= 15 is 0 Å². The van der Waals surface area contributed by atoms with Crippen molar-refractivity contribution in [2.45, 2.75) is 55.0 Å². The number of benzene rings is 3. The van der Waals surface area contributed by atoms with Gasteiger partial charge >= 0.3 is 6.09 Å². The Morgan fingerprint density at radius 3 is 2.07 bits per heavy atom. The third-order valence-corrected chi connectivity index (χ3v) is 9.70. The fourth-order valence-electron chi connectivity index (χ4n) is 5.15. The van der Waals surface area contributed by atoms with Gasteiger partial charge in [-0.25, -0.2) is 13.2 Å². The number of alkyl halides is 3. The van der Waals surface area contributed by atoms with Crippen molar-refractivity contribution in [2.24, 2.45) is 0 Å². The van der Waals surface area contributed by atoms with E-state index in [0.717, 1.165) is 12.1 Å². The zero-order valence-corrected chi connectivity index (χ0v) is 28.2. The predicted molar refractivity (Wildman–Crippen MR) is 176 cm³/mol. The Labute approximate surface area is 274 Å². The highest BCUT2D eigenvalue weighted by Gasteiger charge is 2.31. The number of hydrogen-bond acceptors (Lipinski definition) is 6. The maximum atomic E-state index is 13.5. The van der Waals surface area contributed by atoms with E-state index in [2.05, 4.69) is 37.9 Å². The number of sulfonamides is 1. The summed E-state index contributed by atoms with van der Waals surface area (Å²) in [5, 5.41) is 3.94. The topological polar surface area (TPSA) is 99.3 Å². The lowest BCUT2D eigenvalue weighted by atomic mass is 10.1. The third-order valence-electron chi connectivity index (χ3n) is 7.48. The number of rotatable bonds is 9. The summed E-state index contributed by atoms with van der Waals surface area (Å²) in [6, 6.07) is 18.3. The van der Waals surface area contributed by atoms with E-state index in [0.29, 0.717) is 47.2 Å². The second kappa shape index (κ2) is 14.2. The molecule has 13 heteroatoms. The first kappa shape index (κ1) is 34.3. The molecule has 1 N–H and O–H groups in total. The molecule has 0 unspecified atom stereocenters. The minimum atomic E-state index is -3.79. The Kier molecular flexibility index (Phi) is 11.1. The lowest BCUT2D eigenvalue weighted by Crippen LogP contribution is -2.50. The molecule has 1 aliphatic heterocycles. The highest BCUT2D eigenvalue weighted by Crippen LogP contribution is 2.27. The van der Waals surface area contributed by atoms with Gasteiger partial charge in [0.25, 0.3) is 5.91 Å². The molecule has 0 spiro atoms. The average Bonchev–Trinajstić information content (AvgIpc) is 2.98. The quantitative estimate of drug-likeness (QED) is 0.258. The normalized spacial score (nSPS) is 14.9. The molecule has 1 saturated heterocycles. The van der Waals surface area contributed by atoms with Gasteiger partial charge in [-0.3, -0.25) is 15.0 Å². The predicted octanol–water partition coefficient (Wildman–Crippen LogP) is 6.52. The Morgan fingerprint density at radius 2 is 1.48 bits per heavy atom. The van der Waals surface area contributed by atoms with E-state index in [1.807, 2.05) is 24.3 Å². The van der Waals surface area contributed by atoms with Crippen LogP contribution in [-0.2, 0) is 21.3 Å². The third kappa shape index (κ3) is 8.77. The van der Waals surface area contributed by atoms with Crippen LogP contribution in [0.1, 0.15) is 43.6 Å². The molecule has 9 nitrogen and oxygen atoms in total. The number of nitrogens with zero attached hydrogens (tertiary/aromatic N) is 3. The SMILES string of the molecule is CC(C)N(Cc1ccc(C(=O)N2CCN(S(=O)(=O)c3ccc4cc(NC(=O)OCC(Cl)(Cl)Cl)ccc4c3)CC2)cc1)C(C)C. The van der Waals surface area contributed by atoms with Crippen molar-refractivity contribution < 1.29 is 22.7 Å². The Bertz CT molecular complexity index is 1580. The summed E-state index contributed by atoms with van der Waals surface area (Å²) in [5.74, 6) is -0.107. The van der Waals surface area contributed by atoms with Crippen molar-refractivity contribution in [1.29, 1.82) is 0 Å². The molecule has 1 heterocycles. The van der Waals surface area contributed by atoms with Crippen molar-refractivity contribution in [3.8, 4) is 0 Å². The van der Waals surface area contributed by atoms with Crippen LogP contribution in [0.2, 0.25) is 0 Å². The van der Waals surface area contributed by atoms with Crippen LogP contribution in [0.25, 0.3) is 10.8 Å². The lowest BCUT2D eigenvalue weighted by molar-refractivity contribution is 0.0697. The number of amides is 2. The zero-order chi connectivity index (χ0) is 32.2. The van der Waals surface area contributed by atoms with Crippen LogP contribution in [0.5, 0.6) is 0 Å². The molecule has 0 saturated carbocycles. The number of fused-ring (bicyclic) bond motifs is 1. The van der Waals surface area contributed by atoms with Crippen molar-refractivity contribution in [1.82, 2.24) is 14.1 Å². The lowest BCUT2D eigenvalue weighted by Gasteiger charge is -2.34. The second-order valence-electron chi connectivity index (χ2n) is 11.3. The van der Waals surface area contributed by atoms with Gasteiger partial charge in [-0.2, -0.15) is 4.31 Å². The van der Waals surface area contributed by atoms with E-state index in [9.17, 15) is 18.0 Å². The largest absolute Gasteiger partial charge is 0.445 e. The van der Waals surface area contributed by atoms with Crippen LogP contribution in [0, 0.1) is 0 Å². The molecule has 2 amide bonds. The van der Waals surface area contributed by atoms with Crippen LogP contribution in [0.15, 0.2) is 65.6 Å². The number of piperazine rings is 1. The average molecular weight is 684 g/mol. The molecule has 1 fully saturated rings. The number of ether oxygens (including phenoxy) is 1. The van der Waals surface area contributed by atoms with Gasteiger partial charge < -0.3 is 9.64 Å². The van der Waals surface area contributed by atoms with E-state index in [4.69, 9.17) is 39.5 Å². The minimum Gasteiger partial charge on any atom is -0.445 e. The van der Waals surface area contributed by atoms with Gasteiger partial charge in [-0.1, -0.05) is 59.1 Å². The number of nitrogens with one attached hydrogen (secondary N) is 1.